The van der Waals surface area contributed by atoms with Crippen molar-refractivity contribution in [2.45, 2.75) is 33.3 Å². The Labute approximate surface area is 103 Å². The highest BCUT2D eigenvalue weighted by molar-refractivity contribution is 5.80. The smallest absolute Gasteiger partial charge is 0.307 e. The summed E-state index contributed by atoms with van der Waals surface area (Å²) in [5, 5.41) is 5.96. The van der Waals surface area contributed by atoms with Gasteiger partial charge in [-0.3, -0.25) is 9.79 Å². The molecule has 0 radical (unpaired) electrons. The second-order valence-corrected chi connectivity index (χ2v) is 3.61. The topological polar surface area (TPSA) is 62.7 Å². The molecule has 0 aromatic carbocycles. The predicted molar refractivity (Wildman–Crippen MR) is 68.7 cm³/mol. The molecule has 2 N–H and O–H groups in total. The van der Waals surface area contributed by atoms with Gasteiger partial charge in [-0.05, 0) is 20.8 Å². The molecular weight excluding hydrogens is 218 g/mol. The van der Waals surface area contributed by atoms with E-state index >= 15 is 0 Å². The van der Waals surface area contributed by atoms with Crippen LogP contribution in [0.2, 0.25) is 0 Å². The largest absolute Gasteiger partial charge is 0.463 e. The van der Waals surface area contributed by atoms with Crippen LogP contribution in [0.15, 0.2) is 4.99 Å². The zero-order chi connectivity index (χ0) is 13.1. The van der Waals surface area contributed by atoms with Crippen LogP contribution in [0.4, 0.5) is 0 Å². The fraction of sp³-hybridized carbons (Fsp3) is 0.667. The van der Waals surface area contributed by atoms with Gasteiger partial charge in [-0.25, -0.2) is 0 Å². The Morgan fingerprint density at radius 2 is 2.18 bits per heavy atom. The summed E-state index contributed by atoms with van der Waals surface area (Å²) in [4.78, 5) is 15.4. The van der Waals surface area contributed by atoms with Crippen molar-refractivity contribution in [1.29, 1.82) is 0 Å². The highest BCUT2D eigenvalue weighted by Crippen LogP contribution is 1.93. The molecule has 96 valence electrons. The first-order valence-electron chi connectivity index (χ1n) is 5.75. The van der Waals surface area contributed by atoms with Crippen LogP contribution >= 0.6 is 0 Å². The summed E-state index contributed by atoms with van der Waals surface area (Å²) in [5.74, 6) is 2.83. The van der Waals surface area contributed by atoms with Gasteiger partial charge in [0.25, 0.3) is 0 Å². The van der Waals surface area contributed by atoms with Crippen molar-refractivity contribution < 1.29 is 9.53 Å². The van der Waals surface area contributed by atoms with E-state index in [9.17, 15) is 4.79 Å². The second-order valence-electron chi connectivity index (χ2n) is 3.61. The van der Waals surface area contributed by atoms with E-state index in [0.717, 1.165) is 6.54 Å². The van der Waals surface area contributed by atoms with Gasteiger partial charge in [-0.2, -0.15) is 0 Å². The van der Waals surface area contributed by atoms with Crippen molar-refractivity contribution in [3.05, 3.63) is 0 Å². The number of hydrogen-bond donors (Lipinski definition) is 2. The maximum Gasteiger partial charge on any atom is 0.307 e. The Hall–Kier alpha value is -1.70. The minimum absolute atomic E-state index is 0.0840. The zero-order valence-electron chi connectivity index (χ0n) is 10.7. The number of nitrogens with zero attached hydrogens (tertiary/aromatic N) is 1. The summed E-state index contributed by atoms with van der Waals surface area (Å²) < 4.78 is 4.99. The molecule has 5 heteroatoms. The monoisotopic (exact) mass is 239 g/mol. The Balaban J connectivity index is 3.98. The molecule has 5 nitrogen and oxygen atoms in total. The molecular formula is C12H21N3O2. The van der Waals surface area contributed by atoms with Crippen molar-refractivity contribution in [3.63, 3.8) is 0 Å². The van der Waals surface area contributed by atoms with E-state index in [0.29, 0.717) is 19.0 Å². The molecule has 0 aliphatic rings. The lowest BCUT2D eigenvalue weighted by Crippen LogP contribution is -2.37. The van der Waals surface area contributed by atoms with Crippen LogP contribution < -0.4 is 10.6 Å². The van der Waals surface area contributed by atoms with Crippen molar-refractivity contribution >= 4 is 11.9 Å². The van der Waals surface area contributed by atoms with Gasteiger partial charge in [0.15, 0.2) is 5.96 Å². The number of carbonyl (C=O) groups is 1. The van der Waals surface area contributed by atoms with Crippen molar-refractivity contribution in [2.24, 2.45) is 4.99 Å². The lowest BCUT2D eigenvalue weighted by Gasteiger charge is -2.09. The number of hydrogen-bond acceptors (Lipinski definition) is 3. The third-order valence-corrected chi connectivity index (χ3v) is 1.66. The van der Waals surface area contributed by atoms with E-state index in [2.05, 4.69) is 21.5 Å². The van der Waals surface area contributed by atoms with Crippen LogP contribution in [0.5, 0.6) is 0 Å². The van der Waals surface area contributed by atoms with Crippen LogP contribution in [-0.4, -0.2) is 37.7 Å². The summed E-state index contributed by atoms with van der Waals surface area (Å²) in [6.07, 6.45) is 5.32. The minimum atomic E-state index is -0.239. The SMILES string of the molecule is C#CCNC(=NCCC(=O)OC(C)C)NCC. The van der Waals surface area contributed by atoms with E-state index in [-0.39, 0.29) is 18.5 Å². The number of carbonyl (C=O) groups excluding carboxylic acids is 1. The number of guanidine groups is 1. The van der Waals surface area contributed by atoms with Crippen molar-refractivity contribution in [2.75, 3.05) is 19.6 Å². The first-order chi connectivity index (χ1) is 8.10. The van der Waals surface area contributed by atoms with E-state index in [4.69, 9.17) is 11.2 Å². The van der Waals surface area contributed by atoms with Crippen molar-refractivity contribution in [3.8, 4) is 12.3 Å². The summed E-state index contributed by atoms with van der Waals surface area (Å²) in [6, 6.07) is 0. The molecule has 0 heterocycles. The van der Waals surface area contributed by atoms with Crippen LogP contribution in [-0.2, 0) is 9.53 Å². The Kier molecular flexibility index (Phi) is 8.57. The Morgan fingerprint density at radius 1 is 1.47 bits per heavy atom. The summed E-state index contributed by atoms with van der Waals surface area (Å²) in [5.41, 5.74) is 0. The third-order valence-electron chi connectivity index (χ3n) is 1.66. The Bertz CT molecular complexity index is 293. The van der Waals surface area contributed by atoms with E-state index in [1.165, 1.54) is 0 Å². The van der Waals surface area contributed by atoms with Crippen LogP contribution in [0.25, 0.3) is 0 Å². The summed E-state index contributed by atoms with van der Waals surface area (Å²) in [7, 11) is 0. The maximum atomic E-state index is 11.2. The first-order valence-corrected chi connectivity index (χ1v) is 5.75. The fourth-order valence-corrected chi connectivity index (χ4v) is 1.06. The van der Waals surface area contributed by atoms with Gasteiger partial charge in [0.1, 0.15) is 0 Å². The molecule has 17 heavy (non-hydrogen) atoms. The van der Waals surface area contributed by atoms with Crippen molar-refractivity contribution in [1.82, 2.24) is 10.6 Å². The minimum Gasteiger partial charge on any atom is -0.463 e. The normalized spacial score (nSPS) is 10.9. The van der Waals surface area contributed by atoms with Crippen LogP contribution in [0.1, 0.15) is 27.2 Å². The third kappa shape index (κ3) is 9.24. The van der Waals surface area contributed by atoms with Gasteiger partial charge in [0, 0.05) is 6.54 Å². The number of rotatable bonds is 6. The standard InChI is InChI=1S/C12H21N3O2/c1-5-8-14-12(13-6-2)15-9-7-11(16)17-10(3)4/h1,10H,6-9H2,2-4H3,(H2,13,14,15). The van der Waals surface area contributed by atoms with Gasteiger partial charge in [-0.1, -0.05) is 5.92 Å². The van der Waals surface area contributed by atoms with E-state index < -0.39 is 0 Å². The molecule has 0 aromatic heterocycles. The number of esters is 1. The maximum absolute atomic E-state index is 11.2. The van der Waals surface area contributed by atoms with Gasteiger partial charge >= 0.3 is 5.97 Å². The van der Waals surface area contributed by atoms with Gasteiger partial charge in [0.05, 0.1) is 25.6 Å². The second kappa shape index (κ2) is 9.52. The molecule has 0 saturated carbocycles. The molecule has 0 aliphatic carbocycles. The lowest BCUT2D eigenvalue weighted by atomic mass is 10.4. The molecule has 0 aliphatic heterocycles. The molecule has 0 aromatic rings. The molecule has 0 spiro atoms. The van der Waals surface area contributed by atoms with Gasteiger partial charge in [0.2, 0.25) is 0 Å². The first kappa shape index (κ1) is 15.3. The van der Waals surface area contributed by atoms with E-state index in [1.54, 1.807) is 0 Å². The Morgan fingerprint density at radius 3 is 2.71 bits per heavy atom. The van der Waals surface area contributed by atoms with E-state index in [1.807, 2.05) is 20.8 Å². The van der Waals surface area contributed by atoms with Crippen LogP contribution in [0, 0.1) is 12.3 Å². The number of ether oxygens (including phenoxy) is 1. The quantitative estimate of drug-likeness (QED) is 0.307. The average Bonchev–Trinajstić information content (AvgIpc) is 2.24. The zero-order valence-corrected chi connectivity index (χ0v) is 10.7. The molecule has 0 amide bonds. The molecule has 0 saturated heterocycles. The van der Waals surface area contributed by atoms with Gasteiger partial charge in [-0.15, -0.1) is 6.42 Å². The van der Waals surface area contributed by atoms with Crippen LogP contribution in [0.3, 0.4) is 0 Å². The molecule has 0 bridgehead atoms. The highest BCUT2D eigenvalue weighted by atomic mass is 16.5. The fourth-order valence-electron chi connectivity index (χ4n) is 1.06. The highest BCUT2D eigenvalue weighted by Gasteiger charge is 2.04. The lowest BCUT2D eigenvalue weighted by molar-refractivity contribution is -0.147. The average molecular weight is 239 g/mol. The number of nitrogens with one attached hydrogen (secondary N) is 2. The molecule has 0 rings (SSSR count). The molecule has 0 fully saturated rings. The number of aliphatic imine (C=N–C) groups is 1. The summed E-state index contributed by atoms with van der Waals surface area (Å²) in [6.45, 7) is 7.13. The molecule has 0 unspecified atom stereocenters. The summed E-state index contributed by atoms with van der Waals surface area (Å²) >= 11 is 0. The predicted octanol–water partition coefficient (Wildman–Crippen LogP) is 0.516. The number of terminal acetylenes is 1. The van der Waals surface area contributed by atoms with Gasteiger partial charge < -0.3 is 15.4 Å². The molecule has 0 atom stereocenters.